The lowest BCUT2D eigenvalue weighted by atomic mass is 9.90. The Morgan fingerprint density at radius 2 is 1.67 bits per heavy atom. The van der Waals surface area contributed by atoms with Crippen LogP contribution in [0.4, 0.5) is 8.78 Å². The number of hydrogen-bond acceptors (Lipinski definition) is 1. The first-order chi connectivity index (χ1) is 10.1. The molecular weight excluding hydrogens is 268 g/mol. The molecule has 3 heteroatoms. The number of rotatable bonds is 6. The Balaban J connectivity index is 2.13. The minimum atomic E-state index is -0.510. The van der Waals surface area contributed by atoms with E-state index in [0.717, 1.165) is 19.0 Å². The number of hydrogen-bond donors (Lipinski definition) is 1. The summed E-state index contributed by atoms with van der Waals surface area (Å²) in [5.74, 6) is -0.717. The van der Waals surface area contributed by atoms with Crippen molar-refractivity contribution in [1.82, 2.24) is 5.32 Å². The molecule has 2 aromatic carbocycles. The Kier molecular flexibility index (Phi) is 5.45. The fourth-order valence-corrected chi connectivity index (χ4v) is 2.72. The number of aryl methyl sites for hydroxylation is 1. The minimum Gasteiger partial charge on any atom is -0.319 e. The zero-order chi connectivity index (χ0) is 15.2. The van der Waals surface area contributed by atoms with Crippen LogP contribution in [0.1, 0.15) is 16.7 Å². The highest BCUT2D eigenvalue weighted by atomic mass is 19.1. The van der Waals surface area contributed by atoms with Crippen LogP contribution < -0.4 is 5.32 Å². The smallest absolute Gasteiger partial charge is 0.126 e. The third kappa shape index (κ3) is 4.64. The van der Waals surface area contributed by atoms with Crippen molar-refractivity contribution >= 4 is 0 Å². The predicted molar refractivity (Wildman–Crippen MR) is 82.4 cm³/mol. The molecule has 112 valence electrons. The molecule has 0 bridgehead atoms. The van der Waals surface area contributed by atoms with E-state index in [9.17, 15) is 8.78 Å². The summed E-state index contributed by atoms with van der Waals surface area (Å²) in [6.07, 6.45) is 1.55. The maximum Gasteiger partial charge on any atom is 0.126 e. The van der Waals surface area contributed by atoms with Crippen molar-refractivity contribution in [2.24, 2.45) is 5.92 Å². The van der Waals surface area contributed by atoms with Crippen molar-refractivity contribution in [2.45, 2.75) is 19.8 Å². The maximum atomic E-state index is 13.3. The molecule has 0 saturated heterocycles. The van der Waals surface area contributed by atoms with Crippen LogP contribution in [0.15, 0.2) is 42.5 Å². The average molecular weight is 289 g/mol. The third-order valence-electron chi connectivity index (χ3n) is 3.71. The fraction of sp³-hybridized carbons (Fsp3) is 0.333. The van der Waals surface area contributed by atoms with E-state index >= 15 is 0 Å². The SMILES string of the molecule is CNCC(Cc1cc(F)cc(F)c1)Cc1ccccc1C. The van der Waals surface area contributed by atoms with Gasteiger partial charge in [0.05, 0.1) is 0 Å². The number of halogens is 2. The molecule has 1 N–H and O–H groups in total. The van der Waals surface area contributed by atoms with Gasteiger partial charge in [0, 0.05) is 6.07 Å². The van der Waals surface area contributed by atoms with Crippen LogP contribution in [-0.4, -0.2) is 13.6 Å². The lowest BCUT2D eigenvalue weighted by Gasteiger charge is -2.18. The Hall–Kier alpha value is -1.74. The summed E-state index contributed by atoms with van der Waals surface area (Å²) in [6, 6.07) is 12.0. The van der Waals surface area contributed by atoms with Crippen LogP contribution in [0.25, 0.3) is 0 Å². The molecule has 0 spiro atoms. The van der Waals surface area contributed by atoms with Crippen molar-refractivity contribution in [3.8, 4) is 0 Å². The Morgan fingerprint density at radius 1 is 1.00 bits per heavy atom. The molecule has 2 rings (SSSR count). The van der Waals surface area contributed by atoms with Gasteiger partial charge in [-0.05, 0) is 68.1 Å². The third-order valence-corrected chi connectivity index (χ3v) is 3.71. The highest BCUT2D eigenvalue weighted by Gasteiger charge is 2.12. The summed E-state index contributed by atoms with van der Waals surface area (Å²) in [5, 5.41) is 3.17. The van der Waals surface area contributed by atoms with Gasteiger partial charge in [-0.3, -0.25) is 0 Å². The fourth-order valence-electron chi connectivity index (χ4n) is 2.72. The molecule has 0 aliphatic carbocycles. The topological polar surface area (TPSA) is 12.0 Å². The molecule has 0 heterocycles. The van der Waals surface area contributed by atoms with Gasteiger partial charge in [-0.15, -0.1) is 0 Å². The largest absolute Gasteiger partial charge is 0.319 e. The van der Waals surface area contributed by atoms with E-state index in [1.165, 1.54) is 23.3 Å². The Labute approximate surface area is 125 Å². The lowest BCUT2D eigenvalue weighted by Crippen LogP contribution is -2.23. The molecule has 1 unspecified atom stereocenters. The van der Waals surface area contributed by atoms with Crippen molar-refractivity contribution in [1.29, 1.82) is 0 Å². The molecule has 0 fully saturated rings. The molecule has 1 atom stereocenters. The van der Waals surface area contributed by atoms with Gasteiger partial charge in [0.15, 0.2) is 0 Å². The van der Waals surface area contributed by atoms with E-state index in [0.29, 0.717) is 17.9 Å². The van der Waals surface area contributed by atoms with Crippen molar-refractivity contribution < 1.29 is 8.78 Å². The molecule has 2 aromatic rings. The van der Waals surface area contributed by atoms with Crippen LogP contribution in [0.5, 0.6) is 0 Å². The molecule has 1 nitrogen and oxygen atoms in total. The molecule has 0 aliphatic rings. The van der Waals surface area contributed by atoms with Gasteiger partial charge in [-0.1, -0.05) is 24.3 Å². The normalized spacial score (nSPS) is 12.4. The standard InChI is InChI=1S/C18H21F2N/c1-13-5-3-4-6-16(13)8-15(12-21-2)7-14-9-17(19)11-18(20)10-14/h3-6,9-11,15,21H,7-8,12H2,1-2H3. The first-order valence-corrected chi connectivity index (χ1v) is 7.22. The summed E-state index contributed by atoms with van der Waals surface area (Å²) in [5.41, 5.74) is 3.25. The summed E-state index contributed by atoms with van der Waals surface area (Å²) in [6.45, 7) is 2.90. The van der Waals surface area contributed by atoms with E-state index in [1.54, 1.807) is 0 Å². The highest BCUT2D eigenvalue weighted by molar-refractivity contribution is 5.26. The number of nitrogens with one attached hydrogen (secondary N) is 1. The second kappa shape index (κ2) is 7.32. The Bertz CT molecular complexity index is 575. The lowest BCUT2D eigenvalue weighted by molar-refractivity contribution is 0.488. The van der Waals surface area contributed by atoms with Crippen molar-refractivity contribution in [3.63, 3.8) is 0 Å². The van der Waals surface area contributed by atoms with Gasteiger partial charge in [-0.2, -0.15) is 0 Å². The van der Waals surface area contributed by atoms with E-state index in [2.05, 4.69) is 24.4 Å². The van der Waals surface area contributed by atoms with E-state index < -0.39 is 11.6 Å². The van der Waals surface area contributed by atoms with Crippen LogP contribution in [-0.2, 0) is 12.8 Å². The zero-order valence-corrected chi connectivity index (χ0v) is 12.5. The van der Waals surface area contributed by atoms with Gasteiger partial charge in [0.1, 0.15) is 11.6 Å². The van der Waals surface area contributed by atoms with E-state index in [1.807, 2.05) is 19.2 Å². The van der Waals surface area contributed by atoms with Gasteiger partial charge in [-0.25, -0.2) is 8.78 Å². The molecule has 21 heavy (non-hydrogen) atoms. The van der Waals surface area contributed by atoms with Gasteiger partial charge >= 0.3 is 0 Å². The first-order valence-electron chi connectivity index (χ1n) is 7.22. The summed E-state index contributed by atoms with van der Waals surface area (Å²) < 4.78 is 26.6. The zero-order valence-electron chi connectivity index (χ0n) is 12.5. The van der Waals surface area contributed by atoms with E-state index in [4.69, 9.17) is 0 Å². The van der Waals surface area contributed by atoms with Crippen LogP contribution >= 0.6 is 0 Å². The average Bonchev–Trinajstić information content (AvgIpc) is 2.40. The van der Waals surface area contributed by atoms with Gasteiger partial charge < -0.3 is 5.32 Å². The molecule has 0 saturated carbocycles. The summed E-state index contributed by atoms with van der Waals surface area (Å²) in [4.78, 5) is 0. The second-order valence-electron chi connectivity index (χ2n) is 5.54. The van der Waals surface area contributed by atoms with Crippen LogP contribution in [0.2, 0.25) is 0 Å². The van der Waals surface area contributed by atoms with Gasteiger partial charge in [0.25, 0.3) is 0 Å². The predicted octanol–water partition coefficient (Wildman–Crippen LogP) is 3.89. The minimum absolute atomic E-state index is 0.303. The number of benzene rings is 2. The van der Waals surface area contributed by atoms with Gasteiger partial charge in [0.2, 0.25) is 0 Å². The Morgan fingerprint density at radius 3 is 2.29 bits per heavy atom. The molecular formula is C18H21F2N. The van der Waals surface area contributed by atoms with Crippen LogP contribution in [0.3, 0.4) is 0 Å². The van der Waals surface area contributed by atoms with E-state index in [-0.39, 0.29) is 0 Å². The van der Waals surface area contributed by atoms with Crippen LogP contribution in [0, 0.1) is 24.5 Å². The summed E-state index contributed by atoms with van der Waals surface area (Å²) in [7, 11) is 1.90. The molecule has 0 amide bonds. The van der Waals surface area contributed by atoms with Crippen molar-refractivity contribution in [2.75, 3.05) is 13.6 Å². The highest BCUT2D eigenvalue weighted by Crippen LogP contribution is 2.18. The molecule has 0 aromatic heterocycles. The van der Waals surface area contributed by atoms with Crippen molar-refractivity contribution in [3.05, 3.63) is 70.8 Å². The maximum absolute atomic E-state index is 13.3. The quantitative estimate of drug-likeness (QED) is 0.850. The molecule has 0 radical (unpaired) electrons. The second-order valence-corrected chi connectivity index (χ2v) is 5.54. The monoisotopic (exact) mass is 289 g/mol. The summed E-state index contributed by atoms with van der Waals surface area (Å²) >= 11 is 0. The molecule has 0 aliphatic heterocycles. The first kappa shape index (κ1) is 15.6.